The first kappa shape index (κ1) is 23.9. The van der Waals surface area contributed by atoms with Gasteiger partial charge in [0.05, 0.1) is 24.0 Å². The van der Waals surface area contributed by atoms with E-state index in [-0.39, 0.29) is 24.2 Å². The molecule has 33 heavy (non-hydrogen) atoms. The predicted octanol–water partition coefficient (Wildman–Crippen LogP) is 2.36. The molecule has 4 N–H and O–H groups in total. The normalized spacial score (nSPS) is 24.7. The summed E-state index contributed by atoms with van der Waals surface area (Å²) in [6, 6.07) is 8.08. The van der Waals surface area contributed by atoms with Gasteiger partial charge in [-0.3, -0.25) is 4.79 Å². The van der Waals surface area contributed by atoms with Crippen LogP contribution in [0.3, 0.4) is 0 Å². The van der Waals surface area contributed by atoms with E-state index in [1.807, 2.05) is 18.2 Å². The second-order valence-electron chi connectivity index (χ2n) is 8.12. The van der Waals surface area contributed by atoms with Gasteiger partial charge < -0.3 is 25.4 Å². The molecule has 3 aromatic rings. The van der Waals surface area contributed by atoms with Gasteiger partial charge in [0.25, 0.3) is 0 Å². The van der Waals surface area contributed by atoms with Crippen molar-refractivity contribution in [1.29, 1.82) is 0 Å². The lowest BCUT2D eigenvalue weighted by Gasteiger charge is -2.27. The SMILES string of the molecule is C=C[C@]1(C(=O)NC)C[C@@H](Cn2cnc3c(NCc4cccc(I)c4)nc(Cl)nc32)[C@H](O)[C@@H]1O. The highest BCUT2D eigenvalue weighted by molar-refractivity contribution is 14.1. The molecule has 174 valence electrons. The van der Waals surface area contributed by atoms with Crippen molar-refractivity contribution < 1.29 is 15.0 Å². The molecular formula is C22H24ClIN6O3. The maximum absolute atomic E-state index is 12.5. The van der Waals surface area contributed by atoms with Crippen molar-refractivity contribution in [2.24, 2.45) is 11.3 Å². The summed E-state index contributed by atoms with van der Waals surface area (Å²) in [7, 11) is 1.49. The van der Waals surface area contributed by atoms with Crippen molar-refractivity contribution in [2.75, 3.05) is 12.4 Å². The first-order chi connectivity index (χ1) is 15.8. The zero-order chi connectivity index (χ0) is 23.8. The lowest BCUT2D eigenvalue weighted by atomic mass is 9.82. The summed E-state index contributed by atoms with van der Waals surface area (Å²) in [4.78, 5) is 25.5. The van der Waals surface area contributed by atoms with Gasteiger partial charge in [-0.1, -0.05) is 18.2 Å². The number of aliphatic hydroxyl groups excluding tert-OH is 2. The van der Waals surface area contributed by atoms with E-state index in [1.54, 1.807) is 10.9 Å². The summed E-state index contributed by atoms with van der Waals surface area (Å²) in [6.45, 7) is 4.54. The Hall–Kier alpha value is -2.28. The summed E-state index contributed by atoms with van der Waals surface area (Å²) in [6.07, 6.45) is 0.859. The van der Waals surface area contributed by atoms with Gasteiger partial charge in [-0.15, -0.1) is 6.58 Å². The zero-order valence-electron chi connectivity index (χ0n) is 17.9. The van der Waals surface area contributed by atoms with Gasteiger partial charge in [0.2, 0.25) is 11.2 Å². The number of aliphatic hydroxyl groups is 2. The Morgan fingerprint density at radius 1 is 1.42 bits per heavy atom. The zero-order valence-corrected chi connectivity index (χ0v) is 20.8. The Balaban J connectivity index is 1.59. The summed E-state index contributed by atoms with van der Waals surface area (Å²) in [5, 5.41) is 27.2. The number of aromatic nitrogens is 4. The largest absolute Gasteiger partial charge is 0.390 e. The first-order valence-electron chi connectivity index (χ1n) is 10.4. The fraction of sp³-hybridized carbons (Fsp3) is 0.364. The second kappa shape index (κ2) is 9.53. The van der Waals surface area contributed by atoms with Gasteiger partial charge in [0.15, 0.2) is 17.0 Å². The quantitative estimate of drug-likeness (QED) is 0.192. The van der Waals surface area contributed by atoms with Crippen LogP contribution in [0, 0.1) is 14.9 Å². The number of nitrogens with zero attached hydrogens (tertiary/aromatic N) is 4. The van der Waals surface area contributed by atoms with Crippen molar-refractivity contribution in [1.82, 2.24) is 24.8 Å². The van der Waals surface area contributed by atoms with Gasteiger partial charge in [0, 0.05) is 29.6 Å². The van der Waals surface area contributed by atoms with Gasteiger partial charge >= 0.3 is 0 Å². The Morgan fingerprint density at radius 3 is 2.91 bits per heavy atom. The molecule has 4 atom stereocenters. The van der Waals surface area contributed by atoms with Crippen LogP contribution in [0.1, 0.15) is 12.0 Å². The average molecular weight is 583 g/mol. The molecule has 1 aliphatic rings. The van der Waals surface area contributed by atoms with Crippen LogP contribution in [0.15, 0.2) is 43.2 Å². The molecule has 1 amide bonds. The van der Waals surface area contributed by atoms with E-state index in [4.69, 9.17) is 11.6 Å². The van der Waals surface area contributed by atoms with Gasteiger partial charge in [-0.25, -0.2) is 4.98 Å². The van der Waals surface area contributed by atoms with Crippen molar-refractivity contribution in [3.63, 3.8) is 0 Å². The fourth-order valence-corrected chi connectivity index (χ4v) is 5.20. The van der Waals surface area contributed by atoms with Crippen molar-refractivity contribution in [2.45, 2.75) is 31.7 Å². The van der Waals surface area contributed by atoms with Crippen molar-refractivity contribution >= 4 is 57.1 Å². The summed E-state index contributed by atoms with van der Waals surface area (Å²) >= 11 is 8.46. The van der Waals surface area contributed by atoms with Crippen LogP contribution in [-0.4, -0.2) is 54.9 Å². The molecule has 2 aromatic heterocycles. The Bertz CT molecular complexity index is 1200. The predicted molar refractivity (Wildman–Crippen MR) is 134 cm³/mol. The number of imidazole rings is 1. The molecule has 0 bridgehead atoms. The minimum atomic E-state index is -1.26. The maximum atomic E-state index is 12.5. The lowest BCUT2D eigenvalue weighted by Crippen LogP contribution is -2.45. The van der Waals surface area contributed by atoms with Crippen molar-refractivity contribution in [3.8, 4) is 0 Å². The van der Waals surface area contributed by atoms with Crippen LogP contribution >= 0.6 is 34.2 Å². The number of carbonyl (C=O) groups excluding carboxylic acids is 1. The smallest absolute Gasteiger partial charge is 0.232 e. The highest BCUT2D eigenvalue weighted by atomic mass is 127. The molecule has 0 unspecified atom stereocenters. The van der Waals surface area contributed by atoms with Gasteiger partial charge in [-0.05, 0) is 58.3 Å². The molecule has 1 fully saturated rings. The third kappa shape index (κ3) is 4.44. The number of nitrogens with one attached hydrogen (secondary N) is 2. The molecule has 1 aliphatic carbocycles. The Morgan fingerprint density at radius 2 is 2.21 bits per heavy atom. The fourth-order valence-electron chi connectivity index (χ4n) is 4.43. The van der Waals surface area contributed by atoms with Crippen LogP contribution in [0.25, 0.3) is 11.2 Å². The highest BCUT2D eigenvalue weighted by Crippen LogP contribution is 2.44. The molecule has 2 heterocycles. The molecule has 1 aromatic carbocycles. The van der Waals surface area contributed by atoms with Crippen molar-refractivity contribution in [3.05, 3.63) is 57.7 Å². The Kier molecular flexibility index (Phi) is 6.89. The number of hydrogen-bond donors (Lipinski definition) is 4. The molecular weight excluding hydrogens is 559 g/mol. The van der Waals surface area contributed by atoms with E-state index >= 15 is 0 Å². The highest BCUT2D eigenvalue weighted by Gasteiger charge is 2.55. The molecule has 4 rings (SSSR count). The molecule has 0 spiro atoms. The molecule has 0 saturated heterocycles. The third-order valence-electron chi connectivity index (χ3n) is 6.17. The molecule has 1 saturated carbocycles. The number of anilines is 1. The summed E-state index contributed by atoms with van der Waals surface area (Å²) in [5.41, 5.74) is 0.862. The molecule has 0 aliphatic heterocycles. The third-order valence-corrected chi connectivity index (χ3v) is 7.01. The molecule has 11 heteroatoms. The van der Waals surface area contributed by atoms with E-state index in [9.17, 15) is 15.0 Å². The van der Waals surface area contributed by atoms with Crippen LogP contribution in [0.5, 0.6) is 0 Å². The monoisotopic (exact) mass is 582 g/mol. The number of rotatable bonds is 7. The van der Waals surface area contributed by atoms with E-state index in [2.05, 4.69) is 60.8 Å². The number of hydrogen-bond acceptors (Lipinski definition) is 7. The summed E-state index contributed by atoms with van der Waals surface area (Å²) < 4.78 is 2.88. The van der Waals surface area contributed by atoms with Crippen LogP contribution in [-0.2, 0) is 17.9 Å². The maximum Gasteiger partial charge on any atom is 0.232 e. The molecule has 0 radical (unpaired) electrons. The second-order valence-corrected chi connectivity index (χ2v) is 9.70. The number of halogens is 2. The van der Waals surface area contributed by atoms with Crippen LogP contribution in [0.4, 0.5) is 5.82 Å². The van der Waals surface area contributed by atoms with Gasteiger partial charge in [0.1, 0.15) is 0 Å². The van der Waals surface area contributed by atoms with E-state index in [1.165, 1.54) is 13.1 Å². The van der Waals surface area contributed by atoms with E-state index in [0.29, 0.717) is 23.5 Å². The standard InChI is InChI=1S/C22H24ClIN6O3/c1-3-22(20(33)25-2)8-13(16(31)17(22)32)10-30-11-27-15-18(28-21(23)29-19(15)30)26-9-12-5-4-6-14(24)7-12/h3-7,11,13,16-17,31-32H,1,8-10H2,2H3,(H,25,33)(H,26,28,29)/t13-,16-,17-,22-/m0/s1. The number of fused-ring (bicyclic) bond motifs is 1. The number of carbonyl (C=O) groups is 1. The molecule has 9 nitrogen and oxygen atoms in total. The number of amides is 1. The minimum Gasteiger partial charge on any atom is -0.390 e. The topological polar surface area (TPSA) is 125 Å². The minimum absolute atomic E-state index is 0.0622. The van der Waals surface area contributed by atoms with Crippen LogP contribution in [0.2, 0.25) is 5.28 Å². The van der Waals surface area contributed by atoms with E-state index in [0.717, 1.165) is 9.13 Å². The Labute approximate surface area is 209 Å². The lowest BCUT2D eigenvalue weighted by molar-refractivity contribution is -0.134. The van der Waals surface area contributed by atoms with Crippen LogP contribution < -0.4 is 10.6 Å². The average Bonchev–Trinajstić information content (AvgIpc) is 3.31. The summed E-state index contributed by atoms with van der Waals surface area (Å²) in [5.74, 6) is -0.306. The number of benzene rings is 1. The van der Waals surface area contributed by atoms with E-state index < -0.39 is 23.5 Å². The van der Waals surface area contributed by atoms with Gasteiger partial charge in [-0.2, -0.15) is 9.97 Å². The first-order valence-corrected chi connectivity index (χ1v) is 11.8.